The summed E-state index contributed by atoms with van der Waals surface area (Å²) in [6.07, 6.45) is 0. The van der Waals surface area contributed by atoms with Crippen molar-refractivity contribution in [1.82, 2.24) is 9.80 Å². The Labute approximate surface area is 152 Å². The van der Waals surface area contributed by atoms with Crippen LogP contribution in [0.25, 0.3) is 0 Å². The van der Waals surface area contributed by atoms with Gasteiger partial charge in [-0.2, -0.15) is 0 Å². The fourth-order valence-electron chi connectivity index (χ4n) is 2.63. The largest absolute Gasteiger partial charge is 0.444 e. The van der Waals surface area contributed by atoms with Gasteiger partial charge in [0, 0.05) is 31.9 Å². The molecule has 1 saturated heterocycles. The number of nitrogens with zero attached hydrogens (tertiary/aromatic N) is 2. The molecule has 132 valence electrons. The molecule has 1 aromatic carbocycles. The van der Waals surface area contributed by atoms with Crippen LogP contribution in [-0.2, 0) is 4.79 Å². The number of rotatable bonds is 4. The third-order valence-corrected chi connectivity index (χ3v) is 4.36. The summed E-state index contributed by atoms with van der Waals surface area (Å²) in [5, 5.41) is 2.73. The Kier molecular flexibility index (Phi) is 5.50. The van der Waals surface area contributed by atoms with Crippen molar-refractivity contribution >= 4 is 33.4 Å². The van der Waals surface area contributed by atoms with Crippen molar-refractivity contribution in [3.05, 3.63) is 52.6 Å². The highest BCUT2D eigenvalue weighted by Crippen LogP contribution is 2.17. The Morgan fingerprint density at radius 3 is 2.36 bits per heavy atom. The van der Waals surface area contributed by atoms with E-state index in [0.717, 1.165) is 0 Å². The van der Waals surface area contributed by atoms with Crippen LogP contribution in [0.1, 0.15) is 10.6 Å². The molecule has 2 aromatic rings. The van der Waals surface area contributed by atoms with Crippen LogP contribution in [0.3, 0.4) is 0 Å². The summed E-state index contributed by atoms with van der Waals surface area (Å²) >= 11 is 3.18. The number of carbonyl (C=O) groups is 2. The highest BCUT2D eigenvalue weighted by Gasteiger charge is 2.25. The maximum Gasteiger partial charge on any atom is 0.289 e. The number of hydrogen-bond acceptors (Lipinski definition) is 4. The third-order valence-electron chi connectivity index (χ3n) is 3.94. The first-order valence-corrected chi connectivity index (χ1v) is 8.63. The van der Waals surface area contributed by atoms with Gasteiger partial charge < -0.3 is 14.6 Å². The van der Waals surface area contributed by atoms with Crippen molar-refractivity contribution in [2.24, 2.45) is 0 Å². The smallest absolute Gasteiger partial charge is 0.289 e. The van der Waals surface area contributed by atoms with Crippen LogP contribution >= 0.6 is 15.9 Å². The number of hydrogen-bond donors (Lipinski definition) is 1. The Balaban J connectivity index is 1.46. The van der Waals surface area contributed by atoms with Crippen LogP contribution in [0.2, 0.25) is 0 Å². The lowest BCUT2D eigenvalue weighted by atomic mass is 10.2. The molecule has 1 aliphatic heterocycles. The average Bonchev–Trinajstić information content (AvgIpc) is 3.03. The average molecular weight is 410 g/mol. The summed E-state index contributed by atoms with van der Waals surface area (Å²) in [4.78, 5) is 28.0. The van der Waals surface area contributed by atoms with Crippen molar-refractivity contribution in [2.75, 3.05) is 38.0 Å². The maximum atomic E-state index is 12.9. The van der Waals surface area contributed by atoms with E-state index >= 15 is 0 Å². The van der Waals surface area contributed by atoms with Crippen LogP contribution in [0, 0.1) is 5.82 Å². The molecule has 8 heteroatoms. The highest BCUT2D eigenvalue weighted by atomic mass is 79.9. The second-order valence-corrected chi connectivity index (χ2v) is 6.51. The molecule has 0 radical (unpaired) electrons. The molecule has 0 bridgehead atoms. The van der Waals surface area contributed by atoms with Crippen molar-refractivity contribution in [3.63, 3.8) is 0 Å². The van der Waals surface area contributed by atoms with Gasteiger partial charge in [-0.25, -0.2) is 4.39 Å². The minimum absolute atomic E-state index is 0.152. The summed E-state index contributed by atoms with van der Waals surface area (Å²) in [5.74, 6) is -0.362. The van der Waals surface area contributed by atoms with Crippen LogP contribution in [0.15, 0.2) is 45.5 Å². The number of anilines is 1. The van der Waals surface area contributed by atoms with Gasteiger partial charge in [-0.3, -0.25) is 14.5 Å². The molecule has 1 aliphatic rings. The van der Waals surface area contributed by atoms with E-state index < -0.39 is 0 Å². The summed E-state index contributed by atoms with van der Waals surface area (Å²) in [7, 11) is 0. The van der Waals surface area contributed by atoms with Crippen LogP contribution < -0.4 is 5.32 Å². The Morgan fingerprint density at radius 2 is 1.76 bits per heavy atom. The molecule has 0 saturated carbocycles. The standard InChI is InChI=1S/C17H17BrFN3O3/c18-15-6-5-14(25-15)17(24)22-9-7-21(8-10-22)11-16(23)20-13-3-1-12(19)2-4-13/h1-6H,7-11H2,(H,20,23). The zero-order valence-corrected chi connectivity index (χ0v) is 15.0. The van der Waals surface area contributed by atoms with Crippen molar-refractivity contribution < 1.29 is 18.4 Å². The van der Waals surface area contributed by atoms with Crippen molar-refractivity contribution in [3.8, 4) is 0 Å². The summed E-state index contributed by atoms with van der Waals surface area (Å²) < 4.78 is 18.7. The van der Waals surface area contributed by atoms with E-state index in [0.29, 0.717) is 42.3 Å². The molecule has 3 rings (SSSR count). The number of halogens is 2. The Morgan fingerprint density at radius 1 is 1.08 bits per heavy atom. The van der Waals surface area contributed by atoms with Gasteiger partial charge in [-0.05, 0) is 52.3 Å². The molecule has 2 amide bonds. The molecule has 0 atom stereocenters. The minimum atomic E-state index is -0.345. The number of piperazine rings is 1. The summed E-state index contributed by atoms with van der Waals surface area (Å²) in [6.45, 7) is 2.49. The lowest BCUT2D eigenvalue weighted by Crippen LogP contribution is -2.50. The van der Waals surface area contributed by atoms with Gasteiger partial charge >= 0.3 is 0 Å². The molecule has 1 fully saturated rings. The van der Waals surface area contributed by atoms with Crippen LogP contribution in [-0.4, -0.2) is 54.3 Å². The normalized spacial score (nSPS) is 15.2. The number of amides is 2. The van der Waals surface area contributed by atoms with E-state index in [4.69, 9.17) is 4.42 Å². The Bertz CT molecular complexity index is 755. The molecule has 1 N–H and O–H groups in total. The van der Waals surface area contributed by atoms with Gasteiger partial charge in [0.2, 0.25) is 5.91 Å². The van der Waals surface area contributed by atoms with E-state index in [2.05, 4.69) is 21.2 Å². The lowest BCUT2D eigenvalue weighted by molar-refractivity contribution is -0.117. The molecular weight excluding hydrogens is 393 g/mol. The first kappa shape index (κ1) is 17.6. The second kappa shape index (κ2) is 7.79. The van der Waals surface area contributed by atoms with Crippen molar-refractivity contribution in [2.45, 2.75) is 0 Å². The molecule has 25 heavy (non-hydrogen) atoms. The fourth-order valence-corrected chi connectivity index (χ4v) is 2.94. The monoisotopic (exact) mass is 409 g/mol. The van der Waals surface area contributed by atoms with Crippen LogP contribution in [0.5, 0.6) is 0 Å². The molecule has 0 unspecified atom stereocenters. The third kappa shape index (κ3) is 4.67. The molecular formula is C17H17BrFN3O3. The topological polar surface area (TPSA) is 65.8 Å². The second-order valence-electron chi connectivity index (χ2n) is 5.73. The van der Waals surface area contributed by atoms with Gasteiger partial charge in [-0.15, -0.1) is 0 Å². The van der Waals surface area contributed by atoms with E-state index in [9.17, 15) is 14.0 Å². The lowest BCUT2D eigenvalue weighted by Gasteiger charge is -2.33. The first-order chi connectivity index (χ1) is 12.0. The minimum Gasteiger partial charge on any atom is -0.444 e. The molecule has 0 spiro atoms. The van der Waals surface area contributed by atoms with E-state index in [1.54, 1.807) is 17.0 Å². The van der Waals surface area contributed by atoms with Crippen molar-refractivity contribution in [1.29, 1.82) is 0 Å². The molecule has 1 aromatic heterocycles. The van der Waals surface area contributed by atoms with Gasteiger partial charge in [0.1, 0.15) is 5.82 Å². The predicted octanol–water partition coefficient (Wildman–Crippen LogP) is 2.58. The highest BCUT2D eigenvalue weighted by molar-refractivity contribution is 9.10. The molecule has 6 nitrogen and oxygen atoms in total. The fraction of sp³-hybridized carbons (Fsp3) is 0.294. The number of furan rings is 1. The van der Waals surface area contributed by atoms with E-state index in [1.807, 2.05) is 4.90 Å². The number of benzene rings is 1. The van der Waals surface area contributed by atoms with Gasteiger partial charge in [-0.1, -0.05) is 0 Å². The first-order valence-electron chi connectivity index (χ1n) is 7.83. The van der Waals surface area contributed by atoms with E-state index in [-0.39, 0.29) is 24.2 Å². The van der Waals surface area contributed by atoms with Crippen LogP contribution in [0.4, 0.5) is 10.1 Å². The maximum absolute atomic E-state index is 12.9. The van der Waals surface area contributed by atoms with Gasteiger partial charge in [0.25, 0.3) is 5.91 Å². The summed E-state index contributed by atoms with van der Waals surface area (Å²) in [5.41, 5.74) is 0.559. The van der Waals surface area contributed by atoms with Gasteiger partial charge in [0.15, 0.2) is 10.4 Å². The van der Waals surface area contributed by atoms with Gasteiger partial charge in [0.05, 0.1) is 6.54 Å². The zero-order valence-electron chi connectivity index (χ0n) is 13.4. The SMILES string of the molecule is O=C(CN1CCN(C(=O)c2ccc(Br)o2)CC1)Nc1ccc(F)cc1. The Hall–Kier alpha value is -2.19. The zero-order chi connectivity index (χ0) is 17.8. The predicted molar refractivity (Wildman–Crippen MR) is 93.8 cm³/mol. The number of carbonyl (C=O) groups excluding carboxylic acids is 2. The number of nitrogens with one attached hydrogen (secondary N) is 1. The molecule has 2 heterocycles. The summed E-state index contributed by atoms with van der Waals surface area (Å²) in [6, 6.07) is 8.95. The molecule has 0 aliphatic carbocycles. The van der Waals surface area contributed by atoms with E-state index in [1.165, 1.54) is 24.3 Å². The quantitative estimate of drug-likeness (QED) is 0.842.